The van der Waals surface area contributed by atoms with E-state index in [1.807, 2.05) is 54.6 Å². The predicted octanol–water partition coefficient (Wildman–Crippen LogP) is 5.90. The first-order chi connectivity index (χ1) is 15.0. The maximum absolute atomic E-state index is 12.0. The van der Waals surface area contributed by atoms with Gasteiger partial charge in [-0.25, -0.2) is 9.79 Å². The topological polar surface area (TPSA) is 77.9 Å². The highest BCUT2D eigenvalue weighted by atomic mass is 35.5. The highest BCUT2D eigenvalue weighted by Crippen LogP contribution is 2.35. The Balaban J connectivity index is 1.97. The van der Waals surface area contributed by atoms with Crippen molar-refractivity contribution < 1.29 is 14.6 Å². The number of hydrogen-bond donors (Lipinski definition) is 2. The molecule has 0 saturated carbocycles. The van der Waals surface area contributed by atoms with Crippen molar-refractivity contribution in [3.63, 3.8) is 0 Å². The van der Waals surface area contributed by atoms with Crippen molar-refractivity contribution in [1.29, 1.82) is 0 Å². The van der Waals surface area contributed by atoms with Crippen LogP contribution in [0.1, 0.15) is 11.1 Å². The van der Waals surface area contributed by atoms with Gasteiger partial charge in [-0.3, -0.25) is 4.90 Å². The molecule has 7 heteroatoms. The number of carbonyl (C=O) groups is 1. The van der Waals surface area contributed by atoms with Gasteiger partial charge in [-0.1, -0.05) is 54.1 Å². The fourth-order valence-corrected chi connectivity index (χ4v) is 3.56. The van der Waals surface area contributed by atoms with Gasteiger partial charge < -0.3 is 14.8 Å². The standard InChI is InChI=1S/C24H20ClN3O3/c1-28(24(30)31-2)16-12-13-19-17(14-16)21(23(29)27-19)22(15-8-4-3-5-9-15)26-20-11-7-6-10-18(20)25/h3-14,27,29H,1-2H3. The predicted molar refractivity (Wildman–Crippen MR) is 124 cm³/mol. The third kappa shape index (κ3) is 3.98. The molecule has 0 radical (unpaired) electrons. The van der Waals surface area contributed by atoms with E-state index in [0.717, 1.165) is 5.56 Å². The van der Waals surface area contributed by atoms with Gasteiger partial charge in [0, 0.05) is 29.2 Å². The third-order valence-electron chi connectivity index (χ3n) is 4.97. The molecule has 1 aromatic heterocycles. The van der Waals surface area contributed by atoms with Gasteiger partial charge in [0.15, 0.2) is 5.88 Å². The average Bonchev–Trinajstić information content (AvgIpc) is 3.12. The first-order valence-corrected chi connectivity index (χ1v) is 9.92. The first kappa shape index (κ1) is 20.5. The number of nitrogens with one attached hydrogen (secondary N) is 1. The molecule has 1 amide bonds. The molecular weight excluding hydrogens is 414 g/mol. The van der Waals surface area contributed by atoms with Crippen molar-refractivity contribution in [2.45, 2.75) is 0 Å². The number of aliphatic imine (C=N–C) groups is 1. The number of methoxy groups -OCH3 is 1. The molecule has 0 aliphatic carbocycles. The Kier molecular flexibility index (Phi) is 5.64. The fraction of sp³-hybridized carbons (Fsp3) is 0.0833. The number of fused-ring (bicyclic) bond motifs is 1. The van der Waals surface area contributed by atoms with Gasteiger partial charge in [0.25, 0.3) is 0 Å². The lowest BCUT2D eigenvalue weighted by atomic mass is 10.0. The minimum atomic E-state index is -0.492. The summed E-state index contributed by atoms with van der Waals surface area (Å²) in [4.78, 5) is 21.2. The van der Waals surface area contributed by atoms with Crippen LogP contribution in [0.5, 0.6) is 5.88 Å². The summed E-state index contributed by atoms with van der Waals surface area (Å²) < 4.78 is 4.81. The van der Waals surface area contributed by atoms with E-state index in [9.17, 15) is 9.90 Å². The number of benzene rings is 3. The van der Waals surface area contributed by atoms with Crippen molar-refractivity contribution in [3.8, 4) is 5.88 Å². The number of carbonyl (C=O) groups excluding carboxylic acids is 1. The summed E-state index contributed by atoms with van der Waals surface area (Å²) in [7, 11) is 2.95. The van der Waals surface area contributed by atoms with Crippen LogP contribution in [0.25, 0.3) is 10.9 Å². The van der Waals surface area contributed by atoms with Gasteiger partial charge in [0.2, 0.25) is 0 Å². The summed E-state index contributed by atoms with van der Waals surface area (Å²) in [6.07, 6.45) is -0.492. The third-order valence-corrected chi connectivity index (χ3v) is 5.29. The van der Waals surface area contributed by atoms with Gasteiger partial charge in [0.05, 0.1) is 29.1 Å². The fourth-order valence-electron chi connectivity index (χ4n) is 3.38. The minimum Gasteiger partial charge on any atom is -0.494 e. The van der Waals surface area contributed by atoms with E-state index >= 15 is 0 Å². The normalized spacial score (nSPS) is 11.5. The van der Waals surface area contributed by atoms with Crippen LogP contribution in [-0.4, -0.2) is 36.1 Å². The van der Waals surface area contributed by atoms with Gasteiger partial charge >= 0.3 is 6.09 Å². The molecule has 0 spiro atoms. The van der Waals surface area contributed by atoms with Crippen LogP contribution >= 0.6 is 11.6 Å². The second-order valence-corrected chi connectivity index (χ2v) is 7.29. The smallest absolute Gasteiger partial charge is 0.413 e. The van der Waals surface area contributed by atoms with Crippen molar-refractivity contribution in [2.24, 2.45) is 4.99 Å². The molecule has 6 nitrogen and oxygen atoms in total. The molecule has 0 aliphatic heterocycles. The summed E-state index contributed by atoms with van der Waals surface area (Å²) in [5.74, 6) is -0.0254. The number of aromatic amines is 1. The molecule has 0 saturated heterocycles. The van der Waals surface area contributed by atoms with Crippen molar-refractivity contribution in [2.75, 3.05) is 19.1 Å². The van der Waals surface area contributed by atoms with Crippen LogP contribution in [0.3, 0.4) is 0 Å². The van der Waals surface area contributed by atoms with Gasteiger partial charge in [-0.15, -0.1) is 0 Å². The van der Waals surface area contributed by atoms with E-state index < -0.39 is 6.09 Å². The molecule has 0 bridgehead atoms. The largest absolute Gasteiger partial charge is 0.494 e. The summed E-state index contributed by atoms with van der Waals surface area (Å²) >= 11 is 6.36. The van der Waals surface area contributed by atoms with E-state index in [2.05, 4.69) is 4.98 Å². The van der Waals surface area contributed by atoms with Gasteiger partial charge in [-0.2, -0.15) is 0 Å². The molecule has 1 heterocycles. The zero-order valence-electron chi connectivity index (χ0n) is 17.0. The molecule has 2 N–H and O–H groups in total. The number of halogens is 1. The maximum atomic E-state index is 12.0. The van der Waals surface area contributed by atoms with Crippen LogP contribution in [0.4, 0.5) is 16.2 Å². The minimum absolute atomic E-state index is 0.0254. The molecule has 0 aliphatic rings. The molecule has 0 fully saturated rings. The zero-order chi connectivity index (χ0) is 22.0. The lowest BCUT2D eigenvalue weighted by molar-refractivity contribution is 0.180. The number of anilines is 1. The maximum Gasteiger partial charge on any atom is 0.413 e. The SMILES string of the molecule is COC(=O)N(C)c1ccc2[nH]c(O)c(C(=Nc3ccccc3Cl)c3ccccc3)c2c1. The number of para-hydroxylation sites is 1. The summed E-state index contributed by atoms with van der Waals surface area (Å²) in [5, 5.41) is 12.0. The molecule has 0 unspecified atom stereocenters. The Morgan fingerprint density at radius 1 is 1.06 bits per heavy atom. The van der Waals surface area contributed by atoms with E-state index in [4.69, 9.17) is 21.3 Å². The lowest BCUT2D eigenvalue weighted by Gasteiger charge is -2.16. The lowest BCUT2D eigenvalue weighted by Crippen LogP contribution is -2.25. The zero-order valence-corrected chi connectivity index (χ0v) is 17.7. The highest BCUT2D eigenvalue weighted by Gasteiger charge is 2.21. The van der Waals surface area contributed by atoms with Crippen LogP contribution < -0.4 is 4.90 Å². The van der Waals surface area contributed by atoms with E-state index in [1.54, 1.807) is 25.2 Å². The summed E-state index contributed by atoms with van der Waals surface area (Å²) in [5.41, 5.74) is 3.78. The van der Waals surface area contributed by atoms with Gasteiger partial charge in [-0.05, 0) is 30.3 Å². The number of rotatable bonds is 4. The highest BCUT2D eigenvalue weighted by molar-refractivity contribution is 6.33. The van der Waals surface area contributed by atoms with E-state index in [-0.39, 0.29) is 5.88 Å². The monoisotopic (exact) mass is 433 g/mol. The number of aromatic hydroxyl groups is 1. The number of aromatic nitrogens is 1. The van der Waals surface area contributed by atoms with Gasteiger partial charge in [0.1, 0.15) is 0 Å². The number of H-pyrrole nitrogens is 1. The number of ether oxygens (including phenoxy) is 1. The summed E-state index contributed by atoms with van der Waals surface area (Å²) in [6, 6.07) is 22.2. The number of nitrogens with zero attached hydrogens (tertiary/aromatic N) is 2. The molecular formula is C24H20ClN3O3. The Hall–Kier alpha value is -3.77. The Morgan fingerprint density at radius 2 is 1.77 bits per heavy atom. The van der Waals surface area contributed by atoms with Crippen molar-refractivity contribution >= 4 is 45.7 Å². The Morgan fingerprint density at radius 3 is 2.48 bits per heavy atom. The van der Waals surface area contributed by atoms with E-state index in [0.29, 0.717) is 38.6 Å². The molecule has 4 rings (SSSR count). The van der Waals surface area contributed by atoms with Crippen LogP contribution in [0.15, 0.2) is 77.8 Å². The average molecular weight is 434 g/mol. The Bertz CT molecular complexity index is 1280. The molecule has 31 heavy (non-hydrogen) atoms. The van der Waals surface area contributed by atoms with Crippen LogP contribution in [-0.2, 0) is 4.74 Å². The van der Waals surface area contributed by atoms with Crippen LogP contribution in [0.2, 0.25) is 5.02 Å². The van der Waals surface area contributed by atoms with E-state index in [1.165, 1.54) is 12.0 Å². The Labute approximate surface area is 184 Å². The van der Waals surface area contributed by atoms with Crippen molar-refractivity contribution in [1.82, 2.24) is 4.98 Å². The molecule has 3 aromatic carbocycles. The second-order valence-electron chi connectivity index (χ2n) is 6.89. The molecule has 156 valence electrons. The van der Waals surface area contributed by atoms with Crippen molar-refractivity contribution in [3.05, 3.63) is 88.9 Å². The first-order valence-electron chi connectivity index (χ1n) is 9.55. The molecule has 0 atom stereocenters. The number of amides is 1. The molecule has 4 aromatic rings. The summed E-state index contributed by atoms with van der Waals surface area (Å²) in [6.45, 7) is 0. The quantitative estimate of drug-likeness (QED) is 0.393. The van der Waals surface area contributed by atoms with Crippen LogP contribution in [0, 0.1) is 0 Å². The second kappa shape index (κ2) is 8.53. The number of hydrogen-bond acceptors (Lipinski definition) is 4.